The molecule has 15 aromatic rings. The van der Waals surface area contributed by atoms with Gasteiger partial charge in [-0.3, -0.25) is 9.80 Å². The molecule has 5 atom stereocenters. The lowest BCUT2D eigenvalue weighted by molar-refractivity contribution is 0.0504. The standard InChI is InChI=1S/2C25H32N6S.C21H21ClN4O2S.C21H21FN4O2S.C20H20ClN5/c1-28-12-14-30(15-13-28)16-19-2-4-21(5-3-19)24-6-7-25(32-24)22-17-31(27-26-22)23-18-29-10-8-20(23)9-11-29;1-28-11-13-30(14-12-28)16-19-3-2-4-21(15-19)24-5-6-25(32-24)22-17-31(27-26-22)23-18-29-9-7-20(23)8-10-29;2*1-28-21(27)15-3-2-14(10-16(15)22)19-4-5-20(29-19)17-11-26(24-23-17)18-12-25-8-6-13(18)7-9-25;21-20-5-4-17(11-22-20)15-2-1-3-16(10-15)18-12-26(24-23-18)19-13-25-8-6-14(19)7-9-25/h2-7,17,20,23H,8-16,18H2,1H3;2-6,15,17,20,23H,7-14,16,18H2,1H3;2*2-5,10-11,13,18H,6-9,12H2,1H3;1-5,10-12,14,19H,6-9,13H2/t2*23-;2*18-;19-/m00000/s1. The van der Waals surface area contributed by atoms with E-state index in [1.165, 1.54) is 222 Å². The van der Waals surface area contributed by atoms with E-state index in [0.29, 0.717) is 57.8 Å². The Bertz CT molecular complexity index is 6890. The number of thiophene rings is 4. The van der Waals surface area contributed by atoms with Crippen LogP contribution in [0.15, 0.2) is 207 Å². The van der Waals surface area contributed by atoms with Gasteiger partial charge in [-0.2, -0.15) is 0 Å². The van der Waals surface area contributed by atoms with Gasteiger partial charge in [0.1, 0.15) is 39.4 Å². The van der Waals surface area contributed by atoms with E-state index in [0.717, 1.165) is 179 Å². The number of rotatable bonds is 21. The van der Waals surface area contributed by atoms with Gasteiger partial charge in [0.05, 0.1) is 111 Å². The molecule has 32 rings (SSSR count). The van der Waals surface area contributed by atoms with E-state index < -0.39 is 17.8 Å². The third-order valence-electron chi connectivity index (χ3n) is 32.8. The van der Waals surface area contributed by atoms with Crippen molar-refractivity contribution in [2.45, 2.75) is 108 Å². The van der Waals surface area contributed by atoms with Crippen molar-refractivity contribution in [1.82, 2.24) is 124 Å². The second-order valence-electron chi connectivity index (χ2n) is 42.0. The van der Waals surface area contributed by atoms with Gasteiger partial charge in [-0.1, -0.05) is 122 Å². The van der Waals surface area contributed by atoms with Gasteiger partial charge in [0.25, 0.3) is 0 Å². The average Bonchev–Trinajstić information content (AvgIpc) is 1.61. The Hall–Kier alpha value is -11.2. The molecule has 0 radical (unpaired) electrons. The molecule has 768 valence electrons. The van der Waals surface area contributed by atoms with Gasteiger partial charge in [-0.25, -0.2) is 42.4 Å². The van der Waals surface area contributed by atoms with Crippen molar-refractivity contribution in [3.05, 3.63) is 245 Å². The first kappa shape index (κ1) is 100. The summed E-state index contributed by atoms with van der Waals surface area (Å²) in [5, 5.41) is 45.6. The molecule has 0 aliphatic carbocycles. The van der Waals surface area contributed by atoms with Crippen molar-refractivity contribution < 1.29 is 23.5 Å². The second kappa shape index (κ2) is 45.2. The van der Waals surface area contributed by atoms with E-state index in [2.05, 4.69) is 266 Å². The maximum Gasteiger partial charge on any atom is 0.340 e. The molecule has 0 unspecified atom stereocenters. The minimum Gasteiger partial charge on any atom is -0.465 e. The number of piperazine rings is 2. The van der Waals surface area contributed by atoms with Crippen LogP contribution in [0.2, 0.25) is 10.2 Å². The molecule has 17 saturated heterocycles. The molecule has 10 bridgehead atoms. The highest BCUT2D eigenvalue weighted by Crippen LogP contribution is 2.46. The SMILES string of the molecule is CN1CCN(Cc2ccc(-c3ccc(-c4cn([C@H]5CN6CCC5CC6)nn4)s3)cc2)CC1.CN1CCN(Cc2cccc(-c3ccc(-c4cn([C@H]5CN6CCC5CC6)nn4)s3)c2)CC1.COC(=O)c1ccc(-c2ccc(-c3cn([C@H]4CN5CCC4CC5)nn3)s2)cc1Cl.COC(=O)c1ccc(-c2ccc(-c3cn([C@H]4CN5CCC4CC5)nn3)s2)cc1F.Clc1ccc(-c2cccc(-c3cn([C@H]4CN5CCC4CC5)nn3)c2)cn1. The molecule has 0 spiro atoms. The number of methoxy groups -OCH3 is 2. The summed E-state index contributed by atoms with van der Waals surface area (Å²) in [7, 11) is 7.01. The van der Waals surface area contributed by atoms with E-state index in [4.69, 9.17) is 27.9 Å². The van der Waals surface area contributed by atoms with Crippen molar-refractivity contribution in [3.8, 4) is 106 Å². The number of nitrogens with zero attached hydrogens (tertiary/aromatic N) is 25. The summed E-state index contributed by atoms with van der Waals surface area (Å²) in [6.45, 7) is 29.2. The van der Waals surface area contributed by atoms with Gasteiger partial charge in [0, 0.05) is 135 Å². The lowest BCUT2D eigenvalue weighted by atomic mass is 9.84. The number of fused-ring (bicyclic) bond motifs is 15. The molecule has 36 heteroatoms. The Morgan fingerprint density at radius 3 is 1.02 bits per heavy atom. The van der Waals surface area contributed by atoms with Crippen molar-refractivity contribution >= 4 is 80.5 Å². The van der Waals surface area contributed by atoms with Crippen LogP contribution in [0, 0.1) is 35.4 Å². The van der Waals surface area contributed by atoms with Gasteiger partial charge in [-0.15, -0.1) is 70.8 Å². The van der Waals surface area contributed by atoms with Crippen molar-refractivity contribution in [3.63, 3.8) is 0 Å². The summed E-state index contributed by atoms with van der Waals surface area (Å²) < 4.78 is 34.1. The smallest absolute Gasteiger partial charge is 0.340 e. The topological polar surface area (TPSA) is 248 Å². The maximum absolute atomic E-state index is 14.3. The zero-order valence-electron chi connectivity index (χ0n) is 84.2. The average molecular weight is 2100 g/mol. The number of carbonyl (C=O) groups excluding carboxylic acids is 2. The summed E-state index contributed by atoms with van der Waals surface area (Å²) in [4.78, 5) is 59.2. The Labute approximate surface area is 889 Å². The van der Waals surface area contributed by atoms with Gasteiger partial charge in [-0.05, 0) is 309 Å². The van der Waals surface area contributed by atoms with Gasteiger partial charge in [0.15, 0.2) is 0 Å². The number of aromatic nitrogens is 16. The number of ether oxygens (including phenoxy) is 2. The zero-order chi connectivity index (χ0) is 100. The number of hydrogen-bond donors (Lipinski definition) is 0. The van der Waals surface area contributed by atoms with Crippen LogP contribution in [-0.4, -0.2) is 315 Å². The summed E-state index contributed by atoms with van der Waals surface area (Å²) >= 11 is 19.0. The molecule has 148 heavy (non-hydrogen) atoms. The molecule has 17 aliphatic rings. The molecule has 17 aliphatic heterocycles. The third-order valence-corrected chi connectivity index (χ3v) is 37.9. The number of piperidine rings is 15. The third kappa shape index (κ3) is 22.8. The van der Waals surface area contributed by atoms with Crippen LogP contribution < -0.4 is 0 Å². The highest BCUT2D eigenvalue weighted by Gasteiger charge is 2.42. The molecule has 17 fully saturated rings. The van der Waals surface area contributed by atoms with E-state index >= 15 is 0 Å². The van der Waals surface area contributed by atoms with Crippen molar-refractivity contribution in [2.24, 2.45) is 29.6 Å². The number of benzene rings is 5. The van der Waals surface area contributed by atoms with Crippen LogP contribution in [0.1, 0.15) is 126 Å². The minimum atomic E-state index is -0.676. The predicted molar refractivity (Wildman–Crippen MR) is 583 cm³/mol. The van der Waals surface area contributed by atoms with Gasteiger partial charge in [0.2, 0.25) is 0 Å². The van der Waals surface area contributed by atoms with Crippen LogP contribution >= 0.6 is 68.5 Å². The Kier molecular flexibility index (Phi) is 30.5. The van der Waals surface area contributed by atoms with Crippen molar-refractivity contribution in [1.29, 1.82) is 0 Å². The summed E-state index contributed by atoms with van der Waals surface area (Å²) in [5.41, 5.74) is 15.3. The molecular formula is C112H126Cl2FN25O4S4. The lowest BCUT2D eigenvalue weighted by Crippen LogP contribution is -2.48. The first-order chi connectivity index (χ1) is 72.4. The second-order valence-corrected chi connectivity index (χ2v) is 47.1. The molecule has 0 saturated carbocycles. The van der Waals surface area contributed by atoms with Crippen LogP contribution in [0.4, 0.5) is 4.39 Å². The van der Waals surface area contributed by atoms with Gasteiger partial charge >= 0.3 is 11.9 Å². The highest BCUT2D eigenvalue weighted by molar-refractivity contribution is 7.20. The van der Waals surface area contributed by atoms with E-state index in [1.807, 2.05) is 70.0 Å². The molecule has 0 N–H and O–H groups in total. The minimum absolute atomic E-state index is 0.0616. The number of pyridine rings is 1. The van der Waals surface area contributed by atoms with Crippen LogP contribution in [0.3, 0.4) is 0 Å². The fraction of sp³-hybridized carbons (Fsp3) is 0.438. The highest BCUT2D eigenvalue weighted by atomic mass is 35.5. The lowest BCUT2D eigenvalue weighted by Gasteiger charge is -2.44. The van der Waals surface area contributed by atoms with Crippen LogP contribution in [0.5, 0.6) is 0 Å². The maximum atomic E-state index is 14.3. The Balaban J connectivity index is 0.000000102. The Morgan fingerprint density at radius 1 is 0.324 bits per heavy atom. The van der Waals surface area contributed by atoms with E-state index in [-0.39, 0.29) is 5.56 Å². The number of likely N-dealkylation sites (N-methyl/N-ethyl adjacent to an activating group) is 2. The Morgan fingerprint density at radius 2 is 0.649 bits per heavy atom. The fourth-order valence-corrected chi connectivity index (χ4v) is 28.1. The largest absolute Gasteiger partial charge is 0.465 e. The molecule has 0 amide bonds. The van der Waals surface area contributed by atoms with E-state index in [9.17, 15) is 14.0 Å². The molecule has 5 aromatic carbocycles. The van der Waals surface area contributed by atoms with Gasteiger partial charge < -0.3 is 43.8 Å². The number of carbonyl (C=O) groups is 2. The first-order valence-corrected chi connectivity index (χ1v) is 56.6. The number of esters is 2. The number of halogens is 3. The molecular weight excluding hydrogens is 1980 g/mol. The fourth-order valence-electron chi connectivity index (χ4n) is 23.9. The van der Waals surface area contributed by atoms with Crippen molar-refractivity contribution in [2.75, 3.05) is 179 Å². The number of hydrogen-bond acceptors (Lipinski definition) is 28. The summed E-state index contributed by atoms with van der Waals surface area (Å²) in [6.07, 6.45) is 25.1. The molecule has 27 heterocycles. The monoisotopic (exact) mass is 2100 g/mol. The first-order valence-electron chi connectivity index (χ1n) is 52.5. The van der Waals surface area contributed by atoms with E-state index in [1.54, 1.807) is 35.7 Å². The van der Waals surface area contributed by atoms with Crippen LogP contribution in [-0.2, 0) is 22.6 Å². The normalized spacial score (nSPS) is 25.0. The summed E-state index contributed by atoms with van der Waals surface area (Å²) in [5.74, 6) is 1.96. The quantitative estimate of drug-likeness (QED) is 0.0479. The molecule has 29 nitrogen and oxygen atoms in total. The summed E-state index contributed by atoms with van der Waals surface area (Å²) in [6, 6.07) is 59.4. The van der Waals surface area contributed by atoms with Crippen LogP contribution in [0.25, 0.3) is 106 Å². The zero-order valence-corrected chi connectivity index (χ0v) is 89.0. The molecule has 10 aromatic heterocycles. The predicted octanol–water partition coefficient (Wildman–Crippen LogP) is 19.5.